The van der Waals surface area contributed by atoms with E-state index in [0.717, 1.165) is 9.80 Å². The Labute approximate surface area is 138 Å². The third-order valence-corrected chi connectivity index (χ3v) is 5.75. The van der Waals surface area contributed by atoms with Gasteiger partial charge in [-0.05, 0) is 24.1 Å². The van der Waals surface area contributed by atoms with Crippen LogP contribution in [0, 0.1) is 0 Å². The van der Waals surface area contributed by atoms with Crippen molar-refractivity contribution in [2.45, 2.75) is 0 Å². The molecular weight excluding hydrogens is 320 g/mol. The van der Waals surface area contributed by atoms with Gasteiger partial charge in [-0.3, -0.25) is 4.79 Å². The molecule has 0 unspecified atom stereocenters. The number of hydrogen-bond donors (Lipinski definition) is 0. The van der Waals surface area contributed by atoms with Crippen molar-refractivity contribution < 1.29 is 4.79 Å². The molecule has 2 rings (SSSR count). The molecule has 0 aromatic heterocycles. The van der Waals surface area contributed by atoms with Gasteiger partial charge in [-0.25, -0.2) is 0 Å². The molecule has 0 amide bonds. The monoisotopic (exact) mass is 334 g/mol. The van der Waals surface area contributed by atoms with E-state index in [9.17, 15) is 4.79 Å². The predicted molar refractivity (Wildman–Crippen MR) is 96.1 cm³/mol. The molecule has 2 aromatic rings. The van der Waals surface area contributed by atoms with Crippen LogP contribution in [0.4, 0.5) is 0 Å². The maximum atomic E-state index is 12.5. The van der Waals surface area contributed by atoms with Crippen molar-refractivity contribution in [1.29, 1.82) is 0 Å². The second kappa shape index (κ2) is 7.74. The minimum absolute atomic E-state index is 0.0109. The Kier molecular flexibility index (Phi) is 5.97. The van der Waals surface area contributed by atoms with Crippen LogP contribution >= 0.6 is 35.1 Å². The average molecular weight is 335 g/mol. The van der Waals surface area contributed by atoms with Gasteiger partial charge in [0.15, 0.2) is 5.78 Å². The minimum Gasteiger partial charge on any atom is -0.289 e. The van der Waals surface area contributed by atoms with Gasteiger partial charge in [-0.2, -0.15) is 0 Å². The molecule has 4 heteroatoms. The molecule has 108 valence electrons. The van der Waals surface area contributed by atoms with E-state index in [1.54, 1.807) is 23.5 Å². The summed E-state index contributed by atoms with van der Waals surface area (Å²) in [6, 6.07) is 16.7. The summed E-state index contributed by atoms with van der Waals surface area (Å²) in [6.45, 7) is 0. The van der Waals surface area contributed by atoms with Crippen molar-refractivity contribution in [2.75, 3.05) is 12.5 Å². The second-order valence-corrected chi connectivity index (χ2v) is 6.56. The number of ketones is 1. The molecule has 1 nitrogen and oxygen atoms in total. The number of halogens is 1. The van der Waals surface area contributed by atoms with Gasteiger partial charge in [0, 0.05) is 11.1 Å². The van der Waals surface area contributed by atoms with Crippen LogP contribution < -0.4 is 0 Å². The van der Waals surface area contributed by atoms with Crippen molar-refractivity contribution in [1.82, 2.24) is 0 Å². The Balaban J connectivity index is 2.39. The molecule has 21 heavy (non-hydrogen) atoms. The Bertz CT molecular complexity index is 660. The van der Waals surface area contributed by atoms with E-state index in [0.29, 0.717) is 16.2 Å². The molecule has 0 radical (unpaired) electrons. The lowest BCUT2D eigenvalue weighted by Crippen LogP contribution is -2.01. The molecule has 0 saturated heterocycles. The van der Waals surface area contributed by atoms with Crippen LogP contribution in [0.15, 0.2) is 58.8 Å². The Hall–Kier alpha value is -1.16. The van der Waals surface area contributed by atoms with E-state index >= 15 is 0 Å². The van der Waals surface area contributed by atoms with E-state index in [4.69, 9.17) is 11.6 Å². The highest BCUT2D eigenvalue weighted by atomic mass is 35.5. The zero-order chi connectivity index (χ0) is 15.2. The molecule has 0 bridgehead atoms. The molecule has 0 aliphatic rings. The quantitative estimate of drug-likeness (QED) is 0.671. The molecule has 0 aliphatic heterocycles. The fourth-order valence-corrected chi connectivity index (χ4v) is 3.77. The minimum atomic E-state index is 0.0109. The lowest BCUT2D eigenvalue weighted by atomic mass is 10.0. The van der Waals surface area contributed by atoms with E-state index in [1.165, 1.54) is 0 Å². The van der Waals surface area contributed by atoms with E-state index < -0.39 is 0 Å². The highest BCUT2D eigenvalue weighted by Crippen LogP contribution is 2.35. The number of rotatable bonds is 5. The molecule has 0 heterocycles. The largest absolute Gasteiger partial charge is 0.289 e. The molecule has 0 N–H and O–H groups in total. The molecule has 0 atom stereocenters. The predicted octanol–water partition coefficient (Wildman–Crippen LogP) is 5.51. The number of carbonyl (C=O) groups excluding carboxylic acids is 1. The number of thioether (sulfide) groups is 2. The highest BCUT2D eigenvalue weighted by molar-refractivity contribution is 8.22. The van der Waals surface area contributed by atoms with Gasteiger partial charge in [-0.15, -0.1) is 23.5 Å². The summed E-state index contributed by atoms with van der Waals surface area (Å²) < 4.78 is 1.04. The molecule has 0 spiro atoms. The zero-order valence-electron chi connectivity index (χ0n) is 11.8. The summed E-state index contributed by atoms with van der Waals surface area (Å²) in [5.41, 5.74) is 2.21. The fourth-order valence-electron chi connectivity index (χ4n) is 1.93. The Morgan fingerprint density at radius 3 is 2.05 bits per heavy atom. The topological polar surface area (TPSA) is 17.1 Å². The standard InChI is InChI=1S/C17H15ClOS2/c1-20-17(21-2)15(18)13-9-6-10-14(11-13)16(19)12-7-4-3-5-8-12/h3-11H,1-2H3. The maximum absolute atomic E-state index is 12.5. The number of benzene rings is 2. The van der Waals surface area contributed by atoms with E-state index in [1.807, 2.05) is 67.1 Å². The molecular formula is C17H15ClOS2. The van der Waals surface area contributed by atoms with Gasteiger partial charge in [0.1, 0.15) is 0 Å². The van der Waals surface area contributed by atoms with Crippen LogP contribution in [0.1, 0.15) is 21.5 Å². The van der Waals surface area contributed by atoms with Gasteiger partial charge in [-0.1, -0.05) is 60.1 Å². The van der Waals surface area contributed by atoms with Crippen molar-refractivity contribution in [3.63, 3.8) is 0 Å². The SMILES string of the molecule is CSC(SC)=C(Cl)c1cccc(C(=O)c2ccccc2)c1. The average Bonchev–Trinajstić information content (AvgIpc) is 2.56. The molecule has 0 saturated carbocycles. The van der Waals surface area contributed by atoms with E-state index in [2.05, 4.69) is 0 Å². The van der Waals surface area contributed by atoms with Gasteiger partial charge < -0.3 is 0 Å². The molecule has 2 aromatic carbocycles. The van der Waals surface area contributed by atoms with Crippen molar-refractivity contribution in [2.24, 2.45) is 0 Å². The van der Waals surface area contributed by atoms with E-state index in [-0.39, 0.29) is 5.78 Å². The lowest BCUT2D eigenvalue weighted by Gasteiger charge is -2.07. The fraction of sp³-hybridized carbons (Fsp3) is 0.118. The zero-order valence-corrected chi connectivity index (χ0v) is 14.2. The first kappa shape index (κ1) is 16.2. The first-order valence-corrected chi connectivity index (χ1v) is 9.18. The van der Waals surface area contributed by atoms with Crippen LogP contribution in [-0.2, 0) is 0 Å². The first-order valence-electron chi connectivity index (χ1n) is 6.35. The Morgan fingerprint density at radius 1 is 0.857 bits per heavy atom. The van der Waals surface area contributed by atoms with Gasteiger partial charge in [0.2, 0.25) is 0 Å². The summed E-state index contributed by atoms with van der Waals surface area (Å²) in [5.74, 6) is 0.0109. The summed E-state index contributed by atoms with van der Waals surface area (Å²) in [6.07, 6.45) is 3.99. The van der Waals surface area contributed by atoms with Crippen LogP contribution in [0.5, 0.6) is 0 Å². The Morgan fingerprint density at radius 2 is 1.43 bits per heavy atom. The second-order valence-electron chi connectivity index (χ2n) is 4.29. The van der Waals surface area contributed by atoms with Gasteiger partial charge in [0.05, 0.1) is 9.27 Å². The number of carbonyl (C=O) groups is 1. The highest BCUT2D eigenvalue weighted by Gasteiger charge is 2.11. The first-order chi connectivity index (χ1) is 10.2. The van der Waals surface area contributed by atoms with Crippen LogP contribution in [0.25, 0.3) is 5.03 Å². The summed E-state index contributed by atoms with van der Waals surface area (Å²) >= 11 is 9.64. The van der Waals surface area contributed by atoms with Crippen LogP contribution in [-0.4, -0.2) is 18.3 Å². The van der Waals surface area contributed by atoms with Crippen molar-refractivity contribution >= 4 is 45.9 Å². The third kappa shape index (κ3) is 3.94. The summed E-state index contributed by atoms with van der Waals surface area (Å²) in [5, 5.41) is 0.692. The summed E-state index contributed by atoms with van der Waals surface area (Å²) in [7, 11) is 0. The van der Waals surface area contributed by atoms with Gasteiger partial charge in [0.25, 0.3) is 0 Å². The maximum Gasteiger partial charge on any atom is 0.193 e. The van der Waals surface area contributed by atoms with Crippen molar-refractivity contribution in [3.05, 3.63) is 75.5 Å². The molecule has 0 fully saturated rings. The lowest BCUT2D eigenvalue weighted by molar-refractivity contribution is 0.103. The van der Waals surface area contributed by atoms with Crippen LogP contribution in [0.3, 0.4) is 0 Å². The third-order valence-electron chi connectivity index (χ3n) is 2.96. The normalized spacial score (nSPS) is 10.2. The summed E-state index contributed by atoms with van der Waals surface area (Å²) in [4.78, 5) is 12.5. The molecule has 0 aliphatic carbocycles. The smallest absolute Gasteiger partial charge is 0.193 e. The van der Waals surface area contributed by atoms with Crippen molar-refractivity contribution in [3.8, 4) is 0 Å². The van der Waals surface area contributed by atoms with Crippen LogP contribution in [0.2, 0.25) is 0 Å². The van der Waals surface area contributed by atoms with Gasteiger partial charge >= 0.3 is 0 Å². The number of hydrogen-bond acceptors (Lipinski definition) is 3.